The summed E-state index contributed by atoms with van der Waals surface area (Å²) in [5.74, 6) is -1.04. The number of nitrogens with zero attached hydrogens (tertiary/aromatic N) is 2. The molecular formula is C21H26BrN3O5. The number of amides is 4. The Bertz CT molecular complexity index is 851. The molecule has 1 saturated heterocycles. The molecule has 0 aromatic heterocycles. The molecular weight excluding hydrogens is 454 g/mol. The van der Waals surface area contributed by atoms with Gasteiger partial charge in [-0.2, -0.15) is 0 Å². The second kappa shape index (κ2) is 9.16. The van der Waals surface area contributed by atoms with E-state index in [0.29, 0.717) is 25.3 Å². The van der Waals surface area contributed by atoms with Gasteiger partial charge < -0.3 is 15.0 Å². The number of carbonyl (C=O) groups is 4. The van der Waals surface area contributed by atoms with Crippen LogP contribution in [0.15, 0.2) is 28.7 Å². The van der Waals surface area contributed by atoms with Gasteiger partial charge in [-0.05, 0) is 43.2 Å². The lowest BCUT2D eigenvalue weighted by Gasteiger charge is -2.33. The van der Waals surface area contributed by atoms with E-state index in [0.717, 1.165) is 27.8 Å². The number of hydrogen-bond donors (Lipinski definition) is 1. The van der Waals surface area contributed by atoms with Gasteiger partial charge in [0, 0.05) is 18.1 Å². The molecule has 1 aromatic rings. The second-order valence-corrected chi connectivity index (χ2v) is 8.94. The number of hydrogen-bond acceptors (Lipinski definition) is 5. The summed E-state index contributed by atoms with van der Waals surface area (Å²) in [5.41, 5.74) is 0.0225. The molecule has 3 rings (SSSR count). The molecule has 30 heavy (non-hydrogen) atoms. The fourth-order valence-electron chi connectivity index (χ4n) is 3.81. The van der Waals surface area contributed by atoms with Crippen molar-refractivity contribution in [2.45, 2.75) is 44.7 Å². The number of rotatable bonds is 6. The lowest BCUT2D eigenvalue weighted by atomic mass is 9.77. The number of likely N-dealkylation sites (N-methyl/N-ethyl adjacent to an activating group) is 1. The monoisotopic (exact) mass is 479 g/mol. The Kier molecular flexibility index (Phi) is 6.80. The Balaban J connectivity index is 1.49. The lowest BCUT2D eigenvalue weighted by Crippen LogP contribution is -2.49. The van der Waals surface area contributed by atoms with Crippen molar-refractivity contribution in [3.05, 3.63) is 34.3 Å². The molecule has 1 heterocycles. The molecule has 1 saturated carbocycles. The van der Waals surface area contributed by atoms with E-state index >= 15 is 0 Å². The van der Waals surface area contributed by atoms with Crippen LogP contribution in [-0.2, 0) is 25.7 Å². The van der Waals surface area contributed by atoms with E-state index in [1.54, 1.807) is 7.05 Å². The average molecular weight is 480 g/mol. The first-order valence-electron chi connectivity index (χ1n) is 9.99. The lowest BCUT2D eigenvalue weighted by molar-refractivity contribution is -0.153. The van der Waals surface area contributed by atoms with Crippen LogP contribution in [0.2, 0.25) is 0 Å². The minimum atomic E-state index is -0.900. The number of ether oxygens (including phenoxy) is 1. The maximum Gasteiger partial charge on any atom is 0.326 e. The van der Waals surface area contributed by atoms with E-state index < -0.39 is 30.7 Å². The highest BCUT2D eigenvalue weighted by atomic mass is 79.9. The highest BCUT2D eigenvalue weighted by Gasteiger charge is 2.52. The first kappa shape index (κ1) is 22.3. The molecule has 4 amide bonds. The molecule has 1 N–H and O–H groups in total. The molecule has 0 radical (unpaired) electrons. The molecule has 0 bridgehead atoms. The number of halogens is 1. The Morgan fingerprint density at radius 2 is 1.93 bits per heavy atom. The standard InChI is InChI=1S/C21H26BrN3O5/c1-14-7-9-21(10-8-14)19(28)25(20(29)23-21)12-18(27)30-13-17(26)24(2)11-15-5-3-4-6-16(15)22/h3-6,14H,7-13H2,1-2H3,(H,23,29). The molecule has 0 unspecified atom stereocenters. The fourth-order valence-corrected chi connectivity index (χ4v) is 4.22. The molecule has 9 heteroatoms. The highest BCUT2D eigenvalue weighted by molar-refractivity contribution is 9.10. The maximum atomic E-state index is 12.8. The van der Waals surface area contributed by atoms with Crippen LogP contribution in [-0.4, -0.2) is 59.4 Å². The van der Waals surface area contributed by atoms with Crippen molar-refractivity contribution < 1.29 is 23.9 Å². The second-order valence-electron chi connectivity index (χ2n) is 8.09. The number of nitrogens with one attached hydrogen (secondary N) is 1. The Hall–Kier alpha value is -2.42. The van der Waals surface area contributed by atoms with Crippen LogP contribution in [0.4, 0.5) is 4.79 Å². The van der Waals surface area contributed by atoms with E-state index in [4.69, 9.17) is 4.74 Å². The molecule has 162 valence electrons. The smallest absolute Gasteiger partial charge is 0.326 e. The summed E-state index contributed by atoms with van der Waals surface area (Å²) in [6, 6.07) is 6.94. The van der Waals surface area contributed by atoms with E-state index in [1.165, 1.54) is 4.90 Å². The van der Waals surface area contributed by atoms with Gasteiger partial charge in [-0.3, -0.25) is 19.3 Å². The number of urea groups is 1. The zero-order valence-electron chi connectivity index (χ0n) is 17.2. The summed E-state index contributed by atoms with van der Waals surface area (Å²) in [4.78, 5) is 51.8. The van der Waals surface area contributed by atoms with E-state index in [2.05, 4.69) is 28.2 Å². The van der Waals surface area contributed by atoms with Crippen molar-refractivity contribution in [3.8, 4) is 0 Å². The number of imide groups is 1. The molecule has 8 nitrogen and oxygen atoms in total. The molecule has 1 spiro atoms. The third-order valence-electron chi connectivity index (χ3n) is 5.81. The largest absolute Gasteiger partial charge is 0.454 e. The molecule has 2 fully saturated rings. The third kappa shape index (κ3) is 4.83. The van der Waals surface area contributed by atoms with E-state index in [1.807, 2.05) is 24.3 Å². The predicted molar refractivity (Wildman–Crippen MR) is 112 cm³/mol. The maximum absolute atomic E-state index is 12.8. The van der Waals surface area contributed by atoms with Crippen LogP contribution in [0.1, 0.15) is 38.2 Å². The van der Waals surface area contributed by atoms with Gasteiger partial charge in [-0.25, -0.2) is 4.79 Å². The minimum Gasteiger partial charge on any atom is -0.454 e. The van der Waals surface area contributed by atoms with Crippen molar-refractivity contribution in [2.24, 2.45) is 5.92 Å². The van der Waals surface area contributed by atoms with Crippen molar-refractivity contribution in [3.63, 3.8) is 0 Å². The van der Waals surface area contributed by atoms with Gasteiger partial charge in [0.25, 0.3) is 11.8 Å². The van der Waals surface area contributed by atoms with Gasteiger partial charge in [0.2, 0.25) is 0 Å². The van der Waals surface area contributed by atoms with Gasteiger partial charge in [-0.15, -0.1) is 0 Å². The van der Waals surface area contributed by atoms with Crippen molar-refractivity contribution in [1.29, 1.82) is 0 Å². The molecule has 1 aliphatic carbocycles. The van der Waals surface area contributed by atoms with Gasteiger partial charge in [0.15, 0.2) is 6.61 Å². The van der Waals surface area contributed by atoms with Crippen LogP contribution < -0.4 is 5.32 Å². The molecule has 0 atom stereocenters. The van der Waals surface area contributed by atoms with Crippen molar-refractivity contribution in [1.82, 2.24) is 15.1 Å². The highest BCUT2D eigenvalue weighted by Crippen LogP contribution is 2.36. The van der Waals surface area contributed by atoms with Crippen LogP contribution in [0.3, 0.4) is 0 Å². The molecule has 2 aliphatic rings. The van der Waals surface area contributed by atoms with Crippen LogP contribution in [0.5, 0.6) is 0 Å². The number of benzene rings is 1. The molecule has 1 aliphatic heterocycles. The summed E-state index contributed by atoms with van der Waals surface area (Å²) >= 11 is 3.43. The van der Waals surface area contributed by atoms with Gasteiger partial charge in [0.05, 0.1) is 0 Å². The van der Waals surface area contributed by atoms with E-state index in [9.17, 15) is 19.2 Å². The predicted octanol–water partition coefficient (Wildman–Crippen LogP) is 2.45. The summed E-state index contributed by atoms with van der Waals surface area (Å²) < 4.78 is 5.91. The number of carbonyl (C=O) groups excluding carboxylic acids is 4. The normalized spacial score (nSPS) is 23.4. The quantitative estimate of drug-likeness (QED) is 0.499. The van der Waals surface area contributed by atoms with E-state index in [-0.39, 0.29) is 11.8 Å². The fraction of sp³-hybridized carbons (Fsp3) is 0.524. The summed E-state index contributed by atoms with van der Waals surface area (Å²) in [7, 11) is 1.61. The third-order valence-corrected chi connectivity index (χ3v) is 6.58. The summed E-state index contributed by atoms with van der Waals surface area (Å²) in [6.45, 7) is 1.52. The SMILES string of the molecule is CC1CCC2(CC1)NC(=O)N(CC(=O)OCC(=O)N(C)Cc1ccccc1Br)C2=O. The topological polar surface area (TPSA) is 96.0 Å². The Morgan fingerprint density at radius 3 is 2.60 bits per heavy atom. The number of esters is 1. The Labute approximate surface area is 184 Å². The van der Waals surface area contributed by atoms with Gasteiger partial charge >= 0.3 is 12.0 Å². The van der Waals surface area contributed by atoms with Gasteiger partial charge in [-0.1, -0.05) is 41.1 Å². The average Bonchev–Trinajstić information content (AvgIpc) is 2.94. The summed E-state index contributed by atoms with van der Waals surface area (Å²) in [6.07, 6.45) is 2.84. The zero-order valence-corrected chi connectivity index (χ0v) is 18.7. The molecule has 1 aromatic carbocycles. The van der Waals surface area contributed by atoms with Crippen molar-refractivity contribution >= 4 is 39.7 Å². The Morgan fingerprint density at radius 1 is 1.27 bits per heavy atom. The minimum absolute atomic E-state index is 0.353. The van der Waals surface area contributed by atoms with Crippen molar-refractivity contribution in [2.75, 3.05) is 20.2 Å². The van der Waals surface area contributed by atoms with Crippen LogP contribution in [0, 0.1) is 5.92 Å². The summed E-state index contributed by atoms with van der Waals surface area (Å²) in [5, 5.41) is 2.76. The zero-order chi connectivity index (χ0) is 21.9. The first-order valence-corrected chi connectivity index (χ1v) is 10.8. The van der Waals surface area contributed by atoms with Crippen LogP contribution >= 0.6 is 15.9 Å². The van der Waals surface area contributed by atoms with Gasteiger partial charge in [0.1, 0.15) is 12.1 Å². The van der Waals surface area contributed by atoms with Crippen LogP contribution in [0.25, 0.3) is 0 Å². The first-order chi connectivity index (χ1) is 14.2.